The summed E-state index contributed by atoms with van der Waals surface area (Å²) >= 11 is 0. The van der Waals surface area contributed by atoms with Gasteiger partial charge in [-0.1, -0.05) is 0 Å². The molecule has 0 saturated carbocycles. The van der Waals surface area contributed by atoms with Gasteiger partial charge in [0.15, 0.2) is 0 Å². The second kappa shape index (κ2) is 7.29. The number of carbonyl (C=O) groups is 1. The van der Waals surface area contributed by atoms with E-state index in [4.69, 9.17) is 0 Å². The second-order valence-electron chi connectivity index (χ2n) is 6.51. The van der Waals surface area contributed by atoms with Crippen molar-refractivity contribution in [3.8, 4) is 0 Å². The van der Waals surface area contributed by atoms with Crippen molar-refractivity contribution < 1.29 is 9.90 Å². The van der Waals surface area contributed by atoms with Crippen molar-refractivity contribution in [3.05, 3.63) is 24.0 Å². The number of hydrogen-bond donors (Lipinski definition) is 3. The van der Waals surface area contributed by atoms with E-state index in [0.29, 0.717) is 12.4 Å². The van der Waals surface area contributed by atoms with Crippen molar-refractivity contribution in [2.75, 3.05) is 45.1 Å². The summed E-state index contributed by atoms with van der Waals surface area (Å²) in [6, 6.07) is 5.53. The van der Waals surface area contributed by atoms with Crippen LogP contribution in [0.25, 0.3) is 11.0 Å². The van der Waals surface area contributed by atoms with E-state index < -0.39 is 6.10 Å². The molecule has 0 bridgehead atoms. The standard InChI is InChI=1S/C17H25N5O2/c1-12(23)17-19-14-5-4-13(10-15(14)20-17)18-16(24)11-22-7-3-6-21(2)8-9-22/h4-5,10,12,23H,3,6-9,11H2,1-2H3,(H,18,24)(H,19,20). The van der Waals surface area contributed by atoms with Crippen molar-refractivity contribution in [1.82, 2.24) is 19.8 Å². The molecule has 1 aliphatic heterocycles. The lowest BCUT2D eigenvalue weighted by Crippen LogP contribution is -2.35. The fraction of sp³-hybridized carbons (Fsp3) is 0.529. The zero-order chi connectivity index (χ0) is 17.1. The average molecular weight is 331 g/mol. The molecule has 0 spiro atoms. The minimum Gasteiger partial charge on any atom is -0.385 e. The molecule has 1 aromatic carbocycles. The molecule has 3 N–H and O–H groups in total. The van der Waals surface area contributed by atoms with Crippen molar-refractivity contribution in [1.29, 1.82) is 0 Å². The normalized spacial score (nSPS) is 18.5. The van der Waals surface area contributed by atoms with E-state index in [1.54, 1.807) is 6.92 Å². The van der Waals surface area contributed by atoms with Crippen LogP contribution in [0.15, 0.2) is 18.2 Å². The van der Waals surface area contributed by atoms with Gasteiger partial charge in [-0.15, -0.1) is 0 Å². The molecular weight excluding hydrogens is 306 g/mol. The zero-order valence-corrected chi connectivity index (χ0v) is 14.2. The average Bonchev–Trinajstić information content (AvgIpc) is 2.85. The third kappa shape index (κ3) is 4.11. The number of imidazole rings is 1. The Hall–Kier alpha value is -1.96. The van der Waals surface area contributed by atoms with Gasteiger partial charge in [-0.2, -0.15) is 0 Å². The fourth-order valence-corrected chi connectivity index (χ4v) is 2.97. The van der Waals surface area contributed by atoms with E-state index >= 15 is 0 Å². The van der Waals surface area contributed by atoms with Gasteiger partial charge in [0.25, 0.3) is 0 Å². The molecule has 7 nitrogen and oxygen atoms in total. The molecule has 0 aliphatic carbocycles. The first-order chi connectivity index (χ1) is 11.5. The largest absolute Gasteiger partial charge is 0.385 e. The number of aromatic amines is 1. The van der Waals surface area contributed by atoms with Crippen LogP contribution in [0, 0.1) is 0 Å². The van der Waals surface area contributed by atoms with Crippen LogP contribution in [0.5, 0.6) is 0 Å². The van der Waals surface area contributed by atoms with E-state index in [9.17, 15) is 9.90 Å². The number of benzene rings is 1. The van der Waals surface area contributed by atoms with Crippen LogP contribution in [0.2, 0.25) is 0 Å². The quantitative estimate of drug-likeness (QED) is 0.784. The summed E-state index contributed by atoms with van der Waals surface area (Å²) in [6.45, 7) is 6.03. The number of H-pyrrole nitrogens is 1. The molecule has 1 fully saturated rings. The lowest BCUT2D eigenvalue weighted by atomic mass is 10.2. The minimum absolute atomic E-state index is 0.00540. The van der Waals surface area contributed by atoms with Gasteiger partial charge < -0.3 is 20.3 Å². The maximum atomic E-state index is 12.3. The van der Waals surface area contributed by atoms with Crippen molar-refractivity contribution in [2.24, 2.45) is 0 Å². The summed E-state index contributed by atoms with van der Waals surface area (Å²) in [4.78, 5) is 24.2. The van der Waals surface area contributed by atoms with E-state index in [1.807, 2.05) is 18.2 Å². The number of nitrogens with zero attached hydrogens (tertiary/aromatic N) is 3. The number of anilines is 1. The topological polar surface area (TPSA) is 84.5 Å². The number of likely N-dealkylation sites (N-methyl/N-ethyl adjacent to an activating group) is 1. The number of rotatable bonds is 4. The molecule has 1 aromatic heterocycles. The van der Waals surface area contributed by atoms with E-state index in [0.717, 1.165) is 49.3 Å². The fourth-order valence-electron chi connectivity index (χ4n) is 2.97. The molecule has 0 radical (unpaired) electrons. The number of amides is 1. The number of hydrogen-bond acceptors (Lipinski definition) is 5. The maximum absolute atomic E-state index is 12.3. The summed E-state index contributed by atoms with van der Waals surface area (Å²) in [5.41, 5.74) is 2.32. The second-order valence-corrected chi connectivity index (χ2v) is 6.51. The lowest BCUT2D eigenvalue weighted by Gasteiger charge is -2.19. The highest BCUT2D eigenvalue weighted by Gasteiger charge is 2.15. The van der Waals surface area contributed by atoms with Crippen LogP contribution in [0.3, 0.4) is 0 Å². The molecule has 7 heteroatoms. The molecule has 2 aromatic rings. The van der Waals surface area contributed by atoms with Gasteiger partial charge in [0.05, 0.1) is 17.6 Å². The molecule has 1 atom stereocenters. The zero-order valence-electron chi connectivity index (χ0n) is 14.2. The number of nitrogens with one attached hydrogen (secondary N) is 2. The Morgan fingerprint density at radius 3 is 3.00 bits per heavy atom. The van der Waals surface area contributed by atoms with Crippen molar-refractivity contribution in [2.45, 2.75) is 19.4 Å². The molecule has 3 rings (SSSR count). The summed E-state index contributed by atoms with van der Waals surface area (Å²) in [5.74, 6) is 0.524. The summed E-state index contributed by atoms with van der Waals surface area (Å²) in [6.07, 6.45) is 0.447. The number of aromatic nitrogens is 2. The predicted molar refractivity (Wildman–Crippen MR) is 93.9 cm³/mol. The summed E-state index contributed by atoms with van der Waals surface area (Å²) in [7, 11) is 2.12. The van der Waals surface area contributed by atoms with Crippen LogP contribution in [-0.4, -0.2) is 70.6 Å². The third-order valence-corrected chi connectivity index (χ3v) is 4.36. The number of fused-ring (bicyclic) bond motifs is 1. The van der Waals surface area contributed by atoms with Crippen LogP contribution in [-0.2, 0) is 4.79 Å². The monoisotopic (exact) mass is 331 g/mol. The number of carbonyl (C=O) groups excluding carboxylic acids is 1. The first-order valence-corrected chi connectivity index (χ1v) is 8.40. The van der Waals surface area contributed by atoms with Gasteiger partial charge >= 0.3 is 0 Å². The number of aliphatic hydroxyl groups is 1. The van der Waals surface area contributed by atoms with E-state index in [-0.39, 0.29) is 5.91 Å². The molecule has 1 unspecified atom stereocenters. The van der Waals surface area contributed by atoms with Gasteiger partial charge in [0.1, 0.15) is 11.9 Å². The molecule has 130 valence electrons. The van der Waals surface area contributed by atoms with Crippen molar-refractivity contribution >= 4 is 22.6 Å². The molecule has 1 aliphatic rings. The van der Waals surface area contributed by atoms with Crippen LogP contribution in [0.1, 0.15) is 25.3 Å². The minimum atomic E-state index is -0.642. The Balaban J connectivity index is 1.62. The molecule has 1 amide bonds. The highest BCUT2D eigenvalue weighted by atomic mass is 16.3. The Morgan fingerprint density at radius 1 is 1.38 bits per heavy atom. The van der Waals surface area contributed by atoms with E-state index in [1.165, 1.54) is 0 Å². The molecule has 1 saturated heterocycles. The Kier molecular flexibility index (Phi) is 5.13. The van der Waals surface area contributed by atoms with Gasteiger partial charge in [-0.3, -0.25) is 9.69 Å². The number of aliphatic hydroxyl groups excluding tert-OH is 1. The smallest absolute Gasteiger partial charge is 0.238 e. The van der Waals surface area contributed by atoms with Gasteiger partial charge in [-0.05, 0) is 51.7 Å². The Bertz CT molecular complexity index is 712. The Labute approximate surface area is 141 Å². The lowest BCUT2D eigenvalue weighted by molar-refractivity contribution is -0.117. The highest BCUT2D eigenvalue weighted by molar-refractivity contribution is 5.94. The van der Waals surface area contributed by atoms with E-state index in [2.05, 4.69) is 32.1 Å². The van der Waals surface area contributed by atoms with Gasteiger partial charge in [0.2, 0.25) is 5.91 Å². The molecule has 2 heterocycles. The summed E-state index contributed by atoms with van der Waals surface area (Å²) < 4.78 is 0. The van der Waals surface area contributed by atoms with Crippen LogP contribution >= 0.6 is 0 Å². The van der Waals surface area contributed by atoms with Crippen molar-refractivity contribution in [3.63, 3.8) is 0 Å². The molecular formula is C17H25N5O2. The summed E-state index contributed by atoms with van der Waals surface area (Å²) in [5, 5.41) is 12.5. The Morgan fingerprint density at radius 2 is 2.21 bits per heavy atom. The maximum Gasteiger partial charge on any atom is 0.238 e. The van der Waals surface area contributed by atoms with Crippen LogP contribution < -0.4 is 5.32 Å². The van der Waals surface area contributed by atoms with Gasteiger partial charge in [0, 0.05) is 18.8 Å². The van der Waals surface area contributed by atoms with Crippen LogP contribution in [0.4, 0.5) is 5.69 Å². The third-order valence-electron chi connectivity index (χ3n) is 4.36. The molecule has 24 heavy (non-hydrogen) atoms. The van der Waals surface area contributed by atoms with Gasteiger partial charge in [-0.25, -0.2) is 4.98 Å². The first kappa shape index (κ1) is 16.9. The highest BCUT2D eigenvalue weighted by Crippen LogP contribution is 2.19. The first-order valence-electron chi connectivity index (χ1n) is 8.40. The SMILES string of the molecule is CC(O)c1nc2ccc(NC(=O)CN3CCCN(C)CC3)cc2[nH]1. The predicted octanol–water partition coefficient (Wildman–Crippen LogP) is 1.19.